The van der Waals surface area contributed by atoms with E-state index in [-0.39, 0.29) is 47.7 Å². The second-order valence-corrected chi connectivity index (χ2v) is 15.1. The Morgan fingerprint density at radius 3 is 1.55 bits per heavy atom. The van der Waals surface area contributed by atoms with E-state index in [1.54, 1.807) is 6.92 Å². The van der Waals surface area contributed by atoms with Gasteiger partial charge in [-0.3, -0.25) is 0 Å². The summed E-state index contributed by atoms with van der Waals surface area (Å²) in [6.45, 7) is 1.43. The minimum Gasteiger partial charge on any atom is -0.467 e. The highest BCUT2D eigenvalue weighted by Gasteiger charge is 2.96. The van der Waals surface area contributed by atoms with Crippen LogP contribution in [0.15, 0.2) is 41.3 Å². The smallest absolute Gasteiger partial charge is 0.460 e. The summed E-state index contributed by atoms with van der Waals surface area (Å²) in [5.41, 5.74) is 0. The molecule has 1 saturated heterocycles. The lowest BCUT2D eigenvalue weighted by atomic mass is 9.91. The van der Waals surface area contributed by atoms with Crippen molar-refractivity contribution in [3.05, 3.63) is 36.4 Å². The lowest BCUT2D eigenvalue weighted by Crippen LogP contribution is -2.75. The second-order valence-electron chi connectivity index (χ2n) is 10.3. The zero-order valence-corrected chi connectivity index (χ0v) is 25.6. The maximum Gasteiger partial charge on any atom is 0.460 e. The van der Waals surface area contributed by atoms with Crippen molar-refractivity contribution in [2.75, 3.05) is 24.9 Å². The summed E-state index contributed by atoms with van der Waals surface area (Å²) in [5, 5.41) is -7.71. The molecule has 0 atom stereocenters. The van der Waals surface area contributed by atoms with Crippen molar-refractivity contribution in [1.29, 1.82) is 0 Å². The molecule has 0 radical (unpaired) electrons. The number of benzene rings is 2. The van der Waals surface area contributed by atoms with Gasteiger partial charge < -0.3 is 9.47 Å². The fourth-order valence-electron chi connectivity index (χ4n) is 4.50. The summed E-state index contributed by atoms with van der Waals surface area (Å²) < 4.78 is 274. The third-order valence-corrected chi connectivity index (χ3v) is 12.9. The molecular formula is C25H21F17O5S2. The van der Waals surface area contributed by atoms with E-state index < -0.39 is 78.9 Å². The summed E-state index contributed by atoms with van der Waals surface area (Å²) in [7, 11) is -11.6. The van der Waals surface area contributed by atoms with Gasteiger partial charge in [0.05, 0.1) is 0 Å². The highest BCUT2D eigenvalue weighted by molar-refractivity contribution is 8.33. The van der Waals surface area contributed by atoms with Crippen molar-refractivity contribution in [3.8, 4) is 5.75 Å². The Morgan fingerprint density at radius 1 is 0.633 bits per heavy atom. The molecule has 0 amide bonds. The minimum absolute atomic E-state index is 0.0239. The molecule has 0 aliphatic carbocycles. The topological polar surface area (TPSA) is 61.8 Å². The molecule has 0 bridgehead atoms. The number of alkyl halides is 17. The van der Waals surface area contributed by atoms with Crippen LogP contribution in [0.1, 0.15) is 19.8 Å². The predicted molar refractivity (Wildman–Crippen MR) is 137 cm³/mol. The number of fused-ring (bicyclic) bond motifs is 1. The fraction of sp³-hybridized carbons (Fsp3) is 0.600. The quantitative estimate of drug-likeness (QED) is 0.109. The van der Waals surface area contributed by atoms with Gasteiger partial charge in [-0.2, -0.15) is 83.1 Å². The molecule has 0 aromatic heterocycles. The predicted octanol–water partition coefficient (Wildman–Crippen LogP) is 9.40. The molecule has 3 rings (SSSR count). The van der Waals surface area contributed by atoms with Gasteiger partial charge >= 0.3 is 57.1 Å². The molecule has 0 spiro atoms. The first-order valence-corrected chi connectivity index (χ1v) is 16.4. The van der Waals surface area contributed by atoms with Crippen molar-refractivity contribution in [2.45, 2.75) is 71.6 Å². The maximum atomic E-state index is 14.9. The van der Waals surface area contributed by atoms with Crippen LogP contribution in [-0.2, 0) is 18.5 Å². The first kappa shape index (κ1) is 41.0. The fourth-order valence-corrected chi connectivity index (χ4v) is 10.4. The van der Waals surface area contributed by atoms with Crippen LogP contribution in [0.4, 0.5) is 74.6 Å². The van der Waals surface area contributed by atoms with E-state index in [2.05, 4.69) is 3.63 Å². The first-order valence-electron chi connectivity index (χ1n) is 13.1. The molecule has 282 valence electrons. The monoisotopic (exact) mass is 788 g/mol. The molecule has 24 heteroatoms. The van der Waals surface area contributed by atoms with Gasteiger partial charge in [-0.1, -0.05) is 34.6 Å². The molecule has 2 aromatic rings. The van der Waals surface area contributed by atoms with Crippen molar-refractivity contribution in [3.63, 3.8) is 0 Å². The second kappa shape index (κ2) is 12.6. The van der Waals surface area contributed by atoms with E-state index in [0.717, 1.165) is 12.1 Å². The molecule has 1 aliphatic rings. The van der Waals surface area contributed by atoms with Gasteiger partial charge in [-0.05, 0) is 37.3 Å². The first-order chi connectivity index (χ1) is 22.0. The zero-order chi connectivity index (χ0) is 37.9. The maximum absolute atomic E-state index is 14.9. The zero-order valence-electron chi connectivity index (χ0n) is 24.0. The SMILES string of the molecule is CCOCOc1ccc(S2(OS(=O)(=O)C(F)(F)C(F)(F)C(F)(F)C(F)(F)C(F)(F)C(F)(F)C(F)(F)C(F)(F)F)CCCC2)c2ccccc12. The molecule has 0 saturated carbocycles. The number of hydrogen-bond donors (Lipinski definition) is 0. The van der Waals surface area contributed by atoms with E-state index in [1.807, 2.05) is 0 Å². The van der Waals surface area contributed by atoms with Crippen molar-refractivity contribution < 1.29 is 96.2 Å². The van der Waals surface area contributed by atoms with Crippen molar-refractivity contribution in [1.82, 2.24) is 0 Å². The summed E-state index contributed by atoms with van der Waals surface area (Å²) in [4.78, 5) is -0.329. The van der Waals surface area contributed by atoms with Crippen molar-refractivity contribution in [2.24, 2.45) is 0 Å². The Bertz CT molecular complexity index is 1620. The highest BCUT2D eigenvalue weighted by Crippen LogP contribution is 2.68. The molecule has 0 unspecified atom stereocenters. The number of rotatable bonds is 14. The Labute approximate surface area is 266 Å². The summed E-state index contributed by atoms with van der Waals surface area (Å²) in [5.74, 6) is -53.3. The lowest BCUT2D eigenvalue weighted by molar-refractivity contribution is -0.458. The number of hydrogen-bond acceptors (Lipinski definition) is 5. The molecule has 1 heterocycles. The Morgan fingerprint density at radius 2 is 1.08 bits per heavy atom. The van der Waals surface area contributed by atoms with E-state index in [1.165, 1.54) is 24.3 Å². The van der Waals surface area contributed by atoms with Gasteiger partial charge in [0.2, 0.25) is 0 Å². The van der Waals surface area contributed by atoms with E-state index in [0.29, 0.717) is 0 Å². The molecular weight excluding hydrogens is 767 g/mol. The third-order valence-electron chi connectivity index (χ3n) is 7.17. The summed E-state index contributed by atoms with van der Waals surface area (Å²) >= 11 is 0. The van der Waals surface area contributed by atoms with Crippen LogP contribution >= 0.6 is 10.3 Å². The van der Waals surface area contributed by atoms with Gasteiger partial charge in [0.25, 0.3) is 0 Å². The largest absolute Gasteiger partial charge is 0.467 e. The van der Waals surface area contributed by atoms with Gasteiger partial charge in [-0.25, -0.2) is 3.63 Å². The van der Waals surface area contributed by atoms with E-state index in [9.17, 15) is 83.1 Å². The molecule has 2 aromatic carbocycles. The van der Waals surface area contributed by atoms with Gasteiger partial charge in [-0.15, -0.1) is 0 Å². The standard InChI is InChI=1S/C25H21F17O5S2/c1-2-45-13-46-16-9-10-17(15-8-4-3-7-14(15)16)48(11-5-6-12-48)47-49(43,44)25(41,42)23(36,37)21(32,33)19(28,29)18(26,27)20(30,31)22(34,35)24(38,39)40/h3-4,7-10H,2,5-6,11-13H2,1H3. The Kier molecular flexibility index (Phi) is 10.6. The van der Waals surface area contributed by atoms with Gasteiger partial charge in [0, 0.05) is 28.4 Å². The van der Waals surface area contributed by atoms with Crippen LogP contribution in [0.2, 0.25) is 0 Å². The average Bonchev–Trinajstić information content (AvgIpc) is 3.44. The molecule has 49 heavy (non-hydrogen) atoms. The van der Waals surface area contributed by atoms with Gasteiger partial charge in [0.15, 0.2) is 6.79 Å². The van der Waals surface area contributed by atoms with Crippen LogP contribution in [0, 0.1) is 0 Å². The molecule has 5 nitrogen and oxygen atoms in total. The van der Waals surface area contributed by atoms with Crippen LogP contribution < -0.4 is 4.74 Å². The average molecular weight is 789 g/mol. The minimum atomic E-state index is -8.92. The third kappa shape index (κ3) is 6.04. The van der Waals surface area contributed by atoms with Crippen LogP contribution in [0.25, 0.3) is 10.8 Å². The number of halogens is 17. The molecule has 1 fully saturated rings. The van der Waals surface area contributed by atoms with E-state index >= 15 is 0 Å². The summed E-state index contributed by atoms with van der Waals surface area (Å²) in [6.07, 6.45) is -8.12. The highest BCUT2D eigenvalue weighted by atomic mass is 32.3. The lowest BCUT2D eigenvalue weighted by Gasteiger charge is -2.43. The van der Waals surface area contributed by atoms with Crippen LogP contribution in [0.3, 0.4) is 0 Å². The Balaban J connectivity index is 2.13. The Hall–Kier alpha value is -2.47. The van der Waals surface area contributed by atoms with Crippen LogP contribution in [0.5, 0.6) is 5.75 Å². The van der Waals surface area contributed by atoms with Crippen molar-refractivity contribution >= 4 is 31.2 Å². The normalized spacial score (nSPS) is 18.2. The van der Waals surface area contributed by atoms with Crippen LogP contribution in [-0.4, -0.2) is 80.3 Å². The number of ether oxygens (including phenoxy) is 2. The van der Waals surface area contributed by atoms with E-state index in [4.69, 9.17) is 9.47 Å². The summed E-state index contributed by atoms with van der Waals surface area (Å²) in [6, 6.07) is 7.37. The molecule has 0 N–H and O–H groups in total. The molecule has 1 aliphatic heterocycles. The van der Waals surface area contributed by atoms with Gasteiger partial charge in [0.1, 0.15) is 5.75 Å².